The van der Waals surface area contributed by atoms with Gasteiger partial charge in [0.25, 0.3) is 0 Å². The van der Waals surface area contributed by atoms with Gasteiger partial charge in [-0.2, -0.15) is 0 Å². The quantitative estimate of drug-likeness (QED) is 0.467. The molecule has 0 amide bonds. The molecule has 8 heavy (non-hydrogen) atoms. The Morgan fingerprint density at radius 1 is 1.62 bits per heavy atom. The van der Waals surface area contributed by atoms with Gasteiger partial charge in [-0.1, -0.05) is 0 Å². The maximum atomic E-state index is 12.0. The third-order valence-electron chi connectivity index (χ3n) is 0.617. The van der Waals surface area contributed by atoms with Crippen LogP contribution in [0.5, 0.6) is 0 Å². The highest BCUT2D eigenvalue weighted by Gasteiger charge is 2.08. The van der Waals surface area contributed by atoms with Crippen molar-refractivity contribution in [3.8, 4) is 0 Å². The first kappa shape index (κ1) is 8.24. The molecule has 0 saturated carbocycles. The van der Waals surface area contributed by atoms with Crippen LogP contribution in [-0.2, 0) is 0 Å². The zero-order valence-corrected chi connectivity index (χ0v) is 5.18. The number of rotatable bonds is 3. The summed E-state index contributed by atoms with van der Waals surface area (Å²) in [6.45, 7) is -0.139. The molecule has 0 heterocycles. The minimum absolute atomic E-state index is 0.139. The van der Waals surface area contributed by atoms with Crippen LogP contribution in [0.25, 0.3) is 0 Å². The summed E-state index contributed by atoms with van der Waals surface area (Å²) < 4.78 is 12.0. The third-order valence-corrected chi connectivity index (χ3v) is 1.34. The molecule has 0 spiro atoms. The summed E-state index contributed by atoms with van der Waals surface area (Å²) in [5.41, 5.74) is 4.83. The molecule has 4 N–H and O–H groups in total. The van der Waals surface area contributed by atoms with Crippen molar-refractivity contribution in [2.45, 2.75) is 6.17 Å². The molecule has 0 aromatic rings. The summed E-state index contributed by atoms with van der Waals surface area (Å²) in [6.07, 6.45) is -1.50. The van der Waals surface area contributed by atoms with E-state index >= 15 is 0 Å². The maximum Gasteiger partial charge on any atom is 0.167 e. The van der Waals surface area contributed by atoms with Gasteiger partial charge in [0.05, 0.1) is 0 Å². The lowest BCUT2D eigenvalue weighted by molar-refractivity contribution is 0.358. The molecule has 0 aliphatic carbocycles. The summed E-state index contributed by atoms with van der Waals surface area (Å²) >= 11 is 0. The minimum atomic E-state index is -2.10. The van der Waals surface area contributed by atoms with E-state index in [1.54, 1.807) is 0 Å². The van der Waals surface area contributed by atoms with Gasteiger partial charge in [-0.25, -0.2) is 4.39 Å². The van der Waals surface area contributed by atoms with Gasteiger partial charge < -0.3 is 15.5 Å². The van der Waals surface area contributed by atoms with Gasteiger partial charge in [-0.15, -0.1) is 0 Å². The van der Waals surface area contributed by atoms with Crippen LogP contribution in [0.2, 0.25) is 0 Å². The third kappa shape index (κ3) is 4.40. The van der Waals surface area contributed by atoms with Crippen LogP contribution < -0.4 is 5.73 Å². The average molecular weight is 141 g/mol. The van der Waals surface area contributed by atoms with Crippen molar-refractivity contribution in [3.63, 3.8) is 0 Å². The van der Waals surface area contributed by atoms with Crippen molar-refractivity contribution in [2.75, 3.05) is 12.7 Å². The molecule has 0 aliphatic heterocycles. The van der Waals surface area contributed by atoms with E-state index in [0.717, 1.165) is 0 Å². The van der Waals surface area contributed by atoms with E-state index in [0.29, 0.717) is 0 Å². The first-order valence-corrected chi connectivity index (χ1v) is 3.59. The number of alkyl halides is 1. The van der Waals surface area contributed by atoms with Gasteiger partial charge in [0.1, 0.15) is 6.17 Å². The summed E-state index contributed by atoms with van der Waals surface area (Å²) in [5, 5.41) is 0. The minimum Gasteiger partial charge on any atom is -0.350 e. The SMILES string of the molecule is NC[C@@H](F)CP(O)O. The smallest absolute Gasteiger partial charge is 0.167 e. The number of nitrogens with two attached hydrogens (primary N) is 1. The van der Waals surface area contributed by atoms with E-state index in [1.165, 1.54) is 0 Å². The lowest BCUT2D eigenvalue weighted by Crippen LogP contribution is -2.17. The largest absolute Gasteiger partial charge is 0.350 e. The molecule has 0 aromatic carbocycles. The molecule has 0 aliphatic rings. The topological polar surface area (TPSA) is 66.5 Å². The Kier molecular flexibility index (Phi) is 4.28. The van der Waals surface area contributed by atoms with Crippen LogP contribution >= 0.6 is 8.38 Å². The Labute approximate surface area is 48.2 Å². The van der Waals surface area contributed by atoms with Crippen LogP contribution in [-0.4, -0.2) is 28.7 Å². The summed E-state index contributed by atoms with van der Waals surface area (Å²) in [6, 6.07) is 0. The van der Waals surface area contributed by atoms with Crippen LogP contribution in [0.3, 0.4) is 0 Å². The van der Waals surface area contributed by atoms with E-state index in [-0.39, 0.29) is 12.7 Å². The summed E-state index contributed by atoms with van der Waals surface area (Å²) in [7, 11) is -2.10. The Hall–Kier alpha value is 0.240. The molecule has 0 saturated heterocycles. The highest BCUT2D eigenvalue weighted by atomic mass is 31.2. The van der Waals surface area contributed by atoms with Crippen LogP contribution in [0, 0.1) is 0 Å². The average Bonchev–Trinajstić information content (AvgIpc) is 1.65. The first-order valence-electron chi connectivity index (χ1n) is 2.16. The molecule has 0 unspecified atom stereocenters. The highest BCUT2D eigenvalue weighted by Crippen LogP contribution is 2.24. The maximum absolute atomic E-state index is 12.0. The molecule has 0 aromatic heterocycles. The first-order chi connectivity index (χ1) is 3.66. The normalized spacial score (nSPS) is 14.6. The van der Waals surface area contributed by atoms with Crippen molar-refractivity contribution >= 4 is 8.38 Å². The lowest BCUT2D eigenvalue weighted by atomic mass is 10.5. The van der Waals surface area contributed by atoms with E-state index in [1.807, 2.05) is 0 Å². The number of hydrogen-bond acceptors (Lipinski definition) is 3. The summed E-state index contributed by atoms with van der Waals surface area (Å²) in [4.78, 5) is 16.4. The van der Waals surface area contributed by atoms with Crippen LogP contribution in [0.1, 0.15) is 0 Å². The molecule has 0 rings (SSSR count). The van der Waals surface area contributed by atoms with Crippen molar-refractivity contribution < 1.29 is 14.2 Å². The van der Waals surface area contributed by atoms with Crippen molar-refractivity contribution in [2.24, 2.45) is 5.73 Å². The van der Waals surface area contributed by atoms with Gasteiger partial charge in [0, 0.05) is 12.7 Å². The van der Waals surface area contributed by atoms with Gasteiger partial charge in [-0.3, -0.25) is 0 Å². The van der Waals surface area contributed by atoms with Crippen LogP contribution in [0.15, 0.2) is 0 Å². The second-order valence-electron chi connectivity index (χ2n) is 1.39. The lowest BCUT2D eigenvalue weighted by Gasteiger charge is -2.03. The van der Waals surface area contributed by atoms with Crippen molar-refractivity contribution in [1.29, 1.82) is 0 Å². The molecule has 0 fully saturated rings. The Morgan fingerprint density at radius 2 is 2.12 bits per heavy atom. The molecule has 0 bridgehead atoms. The van der Waals surface area contributed by atoms with Gasteiger partial charge in [0.2, 0.25) is 0 Å². The van der Waals surface area contributed by atoms with Gasteiger partial charge in [0.15, 0.2) is 8.38 Å². The second-order valence-corrected chi connectivity index (χ2v) is 2.50. The predicted molar refractivity (Wildman–Crippen MR) is 30.2 cm³/mol. The van der Waals surface area contributed by atoms with Crippen molar-refractivity contribution in [3.05, 3.63) is 0 Å². The van der Waals surface area contributed by atoms with E-state index in [2.05, 4.69) is 0 Å². The van der Waals surface area contributed by atoms with Gasteiger partial charge in [-0.05, 0) is 0 Å². The van der Waals surface area contributed by atoms with E-state index < -0.39 is 14.5 Å². The molecule has 3 nitrogen and oxygen atoms in total. The zero-order valence-electron chi connectivity index (χ0n) is 4.29. The van der Waals surface area contributed by atoms with Crippen molar-refractivity contribution in [1.82, 2.24) is 0 Å². The molecule has 0 radical (unpaired) electrons. The molecule has 5 heteroatoms. The van der Waals surface area contributed by atoms with Crippen LogP contribution in [0.4, 0.5) is 4.39 Å². The van der Waals surface area contributed by atoms with Gasteiger partial charge >= 0.3 is 0 Å². The highest BCUT2D eigenvalue weighted by molar-refractivity contribution is 7.45. The Bertz CT molecular complexity index is 63.2. The molecular weight excluding hydrogens is 132 g/mol. The molecular formula is C3H9FNO2P. The Balaban J connectivity index is 3.10. The predicted octanol–water partition coefficient (Wildman–Crippen LogP) is -0.420. The standard InChI is InChI=1S/C3H9FNO2P/c4-3(1-5)2-8(6)7/h3,6-7H,1-2,5H2/t3-/m1/s1. The fourth-order valence-electron chi connectivity index (χ4n) is 0.252. The molecule has 1 atom stereocenters. The fourth-order valence-corrected chi connectivity index (χ4v) is 0.755. The van der Waals surface area contributed by atoms with E-state index in [9.17, 15) is 4.39 Å². The number of halogens is 1. The molecule has 50 valence electrons. The monoisotopic (exact) mass is 141 g/mol. The second kappa shape index (κ2) is 4.15. The fraction of sp³-hybridized carbons (Fsp3) is 1.00. The number of hydrogen-bond donors (Lipinski definition) is 3. The summed E-state index contributed by atoms with van der Waals surface area (Å²) in [5.74, 6) is 0. The van der Waals surface area contributed by atoms with E-state index in [4.69, 9.17) is 15.5 Å². The Morgan fingerprint density at radius 3 is 2.25 bits per heavy atom. The zero-order chi connectivity index (χ0) is 6.57.